The Kier molecular flexibility index (Phi) is 5.80. The van der Waals surface area contributed by atoms with Crippen LogP contribution in [0.15, 0.2) is 79.0 Å². The van der Waals surface area contributed by atoms with E-state index in [2.05, 4.69) is 0 Å². The van der Waals surface area contributed by atoms with E-state index < -0.39 is 5.82 Å². The van der Waals surface area contributed by atoms with Crippen LogP contribution in [0.1, 0.15) is 22.3 Å². The number of para-hydroxylation sites is 3. The van der Waals surface area contributed by atoms with E-state index in [9.17, 15) is 9.18 Å². The number of halogens is 1. The molecule has 0 amide bonds. The number of ether oxygens (including phenoxy) is 2. The van der Waals surface area contributed by atoms with Crippen LogP contribution in [0, 0.1) is 5.82 Å². The van der Waals surface area contributed by atoms with Gasteiger partial charge in [-0.05, 0) is 36.8 Å². The van der Waals surface area contributed by atoms with E-state index in [0.717, 1.165) is 17.3 Å². The van der Waals surface area contributed by atoms with Gasteiger partial charge in [-0.1, -0.05) is 42.5 Å². The third-order valence-electron chi connectivity index (χ3n) is 5.02. The van der Waals surface area contributed by atoms with Gasteiger partial charge in [0, 0.05) is 29.2 Å². The SMILES string of the molecule is COc1ccccc1OCCCn1cc(C(=O)c2ccccc2F)c2ccccc21. The highest BCUT2D eigenvalue weighted by atomic mass is 19.1. The van der Waals surface area contributed by atoms with E-state index in [1.807, 2.05) is 59.3 Å². The van der Waals surface area contributed by atoms with E-state index in [1.54, 1.807) is 19.2 Å². The van der Waals surface area contributed by atoms with Crippen LogP contribution >= 0.6 is 0 Å². The van der Waals surface area contributed by atoms with Crippen LogP contribution in [0.2, 0.25) is 0 Å². The quantitative estimate of drug-likeness (QED) is 0.289. The maximum absolute atomic E-state index is 14.1. The third-order valence-corrected chi connectivity index (χ3v) is 5.02. The van der Waals surface area contributed by atoms with E-state index in [-0.39, 0.29) is 11.3 Å². The summed E-state index contributed by atoms with van der Waals surface area (Å²) < 4.78 is 27.3. The van der Waals surface area contributed by atoms with Crippen molar-refractivity contribution in [3.05, 3.63) is 95.9 Å². The largest absolute Gasteiger partial charge is 0.493 e. The van der Waals surface area contributed by atoms with Crippen molar-refractivity contribution in [1.82, 2.24) is 4.57 Å². The van der Waals surface area contributed by atoms with Crippen molar-refractivity contribution in [2.45, 2.75) is 13.0 Å². The molecule has 0 radical (unpaired) electrons. The summed E-state index contributed by atoms with van der Waals surface area (Å²) >= 11 is 0. The second kappa shape index (κ2) is 8.82. The molecule has 30 heavy (non-hydrogen) atoms. The summed E-state index contributed by atoms with van der Waals surface area (Å²) in [5.41, 5.74) is 1.52. The van der Waals surface area contributed by atoms with Crippen LogP contribution in [0.4, 0.5) is 4.39 Å². The molecule has 0 fully saturated rings. The molecule has 0 unspecified atom stereocenters. The van der Waals surface area contributed by atoms with Crippen molar-refractivity contribution in [3.8, 4) is 11.5 Å². The van der Waals surface area contributed by atoms with Gasteiger partial charge in [0.2, 0.25) is 0 Å². The highest BCUT2D eigenvalue weighted by Crippen LogP contribution is 2.27. The fraction of sp³-hybridized carbons (Fsp3) is 0.160. The van der Waals surface area contributed by atoms with Gasteiger partial charge in [-0.25, -0.2) is 4.39 Å². The standard InChI is InChI=1S/C25H22FNO3/c1-29-23-13-6-7-14-24(23)30-16-8-15-27-17-20(18-9-3-5-12-22(18)27)25(28)19-10-2-4-11-21(19)26/h2-7,9-14,17H,8,15-16H2,1H3. The summed E-state index contributed by atoms with van der Waals surface area (Å²) in [6, 6.07) is 21.3. The number of carbonyl (C=O) groups excluding carboxylic acids is 1. The van der Waals surface area contributed by atoms with Crippen molar-refractivity contribution in [2.24, 2.45) is 0 Å². The van der Waals surface area contributed by atoms with Gasteiger partial charge in [0.15, 0.2) is 17.3 Å². The molecule has 4 nitrogen and oxygen atoms in total. The fourth-order valence-electron chi connectivity index (χ4n) is 3.56. The monoisotopic (exact) mass is 403 g/mol. The highest BCUT2D eigenvalue weighted by molar-refractivity contribution is 6.16. The molecule has 4 aromatic rings. The lowest BCUT2D eigenvalue weighted by atomic mass is 10.0. The Balaban J connectivity index is 1.52. The number of ketones is 1. The number of nitrogens with zero attached hydrogens (tertiary/aromatic N) is 1. The molecule has 0 N–H and O–H groups in total. The molecule has 0 aliphatic heterocycles. The lowest BCUT2D eigenvalue weighted by Gasteiger charge is -2.11. The molecule has 1 heterocycles. The minimum atomic E-state index is -0.510. The highest BCUT2D eigenvalue weighted by Gasteiger charge is 2.19. The summed E-state index contributed by atoms with van der Waals surface area (Å²) in [4.78, 5) is 13.0. The Morgan fingerprint density at radius 3 is 2.40 bits per heavy atom. The Morgan fingerprint density at radius 2 is 1.60 bits per heavy atom. The summed E-state index contributed by atoms with van der Waals surface area (Å²) in [5, 5.41) is 0.816. The van der Waals surface area contributed by atoms with Crippen molar-refractivity contribution >= 4 is 16.7 Å². The smallest absolute Gasteiger partial charge is 0.198 e. The van der Waals surface area contributed by atoms with Crippen LogP contribution in [-0.2, 0) is 6.54 Å². The first-order valence-corrected chi connectivity index (χ1v) is 9.82. The number of aryl methyl sites for hydroxylation is 1. The molecule has 0 atom stereocenters. The van der Waals surface area contributed by atoms with Crippen LogP contribution in [-0.4, -0.2) is 24.1 Å². The number of hydrogen-bond acceptors (Lipinski definition) is 3. The van der Waals surface area contributed by atoms with Crippen molar-refractivity contribution in [1.29, 1.82) is 0 Å². The predicted octanol–water partition coefficient (Wildman–Crippen LogP) is 5.49. The van der Waals surface area contributed by atoms with Gasteiger partial charge in [0.05, 0.1) is 19.3 Å². The van der Waals surface area contributed by atoms with Crippen molar-refractivity contribution in [3.63, 3.8) is 0 Å². The zero-order chi connectivity index (χ0) is 20.9. The molecule has 4 rings (SSSR count). The molecule has 1 aromatic heterocycles. The summed E-state index contributed by atoms with van der Waals surface area (Å²) in [7, 11) is 1.61. The summed E-state index contributed by atoms with van der Waals surface area (Å²) in [5.74, 6) is 0.576. The van der Waals surface area contributed by atoms with Crippen LogP contribution in [0.3, 0.4) is 0 Å². The van der Waals surface area contributed by atoms with Crippen LogP contribution in [0.25, 0.3) is 10.9 Å². The fourth-order valence-corrected chi connectivity index (χ4v) is 3.56. The Bertz CT molecular complexity index is 1180. The van der Waals surface area contributed by atoms with Crippen LogP contribution in [0.5, 0.6) is 11.5 Å². The van der Waals surface area contributed by atoms with Crippen molar-refractivity contribution in [2.75, 3.05) is 13.7 Å². The van der Waals surface area contributed by atoms with Gasteiger partial charge < -0.3 is 14.0 Å². The molecular formula is C25H22FNO3. The number of fused-ring (bicyclic) bond motifs is 1. The number of rotatable bonds is 8. The molecule has 0 bridgehead atoms. The van der Waals surface area contributed by atoms with Crippen LogP contribution < -0.4 is 9.47 Å². The lowest BCUT2D eigenvalue weighted by molar-refractivity contribution is 0.103. The maximum atomic E-state index is 14.1. The number of hydrogen-bond donors (Lipinski definition) is 0. The van der Waals surface area contributed by atoms with E-state index in [0.29, 0.717) is 30.2 Å². The number of methoxy groups -OCH3 is 1. The zero-order valence-corrected chi connectivity index (χ0v) is 16.7. The first-order chi connectivity index (χ1) is 14.7. The minimum absolute atomic E-state index is 0.0832. The summed E-state index contributed by atoms with van der Waals surface area (Å²) in [6.07, 6.45) is 2.55. The minimum Gasteiger partial charge on any atom is -0.493 e. The molecule has 3 aromatic carbocycles. The average molecular weight is 403 g/mol. The number of aromatic nitrogens is 1. The number of carbonyl (C=O) groups is 1. The maximum Gasteiger partial charge on any atom is 0.198 e. The topological polar surface area (TPSA) is 40.5 Å². The van der Waals surface area contributed by atoms with Crippen molar-refractivity contribution < 1.29 is 18.7 Å². The Hall–Kier alpha value is -3.60. The average Bonchev–Trinajstić information content (AvgIpc) is 3.15. The van der Waals surface area contributed by atoms with E-state index in [1.165, 1.54) is 12.1 Å². The number of benzene rings is 3. The second-order valence-electron chi connectivity index (χ2n) is 6.92. The van der Waals surface area contributed by atoms with Gasteiger partial charge in [-0.2, -0.15) is 0 Å². The van der Waals surface area contributed by atoms with Gasteiger partial charge in [-0.15, -0.1) is 0 Å². The molecule has 0 aliphatic rings. The zero-order valence-electron chi connectivity index (χ0n) is 16.7. The molecule has 0 spiro atoms. The van der Waals surface area contributed by atoms with Gasteiger partial charge in [-0.3, -0.25) is 4.79 Å². The first kappa shape index (κ1) is 19.7. The van der Waals surface area contributed by atoms with Gasteiger partial charge in [0.25, 0.3) is 0 Å². The van der Waals surface area contributed by atoms with Gasteiger partial charge in [0.1, 0.15) is 5.82 Å². The summed E-state index contributed by atoms with van der Waals surface area (Å²) in [6.45, 7) is 1.17. The second-order valence-corrected chi connectivity index (χ2v) is 6.92. The molecule has 0 saturated carbocycles. The molecule has 0 aliphatic carbocycles. The first-order valence-electron chi connectivity index (χ1n) is 9.82. The lowest BCUT2D eigenvalue weighted by Crippen LogP contribution is -2.05. The Labute approximate surface area is 174 Å². The van der Waals surface area contributed by atoms with E-state index >= 15 is 0 Å². The molecule has 152 valence electrons. The van der Waals surface area contributed by atoms with Gasteiger partial charge >= 0.3 is 0 Å². The van der Waals surface area contributed by atoms with E-state index in [4.69, 9.17) is 9.47 Å². The normalized spacial score (nSPS) is 10.9. The Morgan fingerprint density at radius 1 is 0.900 bits per heavy atom. The third kappa shape index (κ3) is 3.92. The molecule has 5 heteroatoms. The molecular weight excluding hydrogens is 381 g/mol. The molecule has 0 saturated heterocycles. The predicted molar refractivity (Wildman–Crippen MR) is 115 cm³/mol.